The molecule has 0 aromatic rings. The number of nitrogens with one attached hydrogen (secondary N) is 1. The highest BCUT2D eigenvalue weighted by Gasteiger charge is 2.35. The minimum atomic E-state index is -3.88. The molecule has 1 fully saturated rings. The molecule has 0 radical (unpaired) electrons. The monoisotopic (exact) mass is 322 g/mol. The van der Waals surface area contributed by atoms with Crippen molar-refractivity contribution in [1.29, 1.82) is 0 Å². The molecule has 2 N–H and O–H groups in total. The van der Waals surface area contributed by atoms with Crippen molar-refractivity contribution in [3.63, 3.8) is 0 Å². The molecule has 1 aliphatic heterocycles. The van der Waals surface area contributed by atoms with E-state index in [1.54, 1.807) is 13.8 Å². The second-order valence-electron chi connectivity index (χ2n) is 5.38. The maximum Gasteiger partial charge on any atom is 0.322 e. The fraction of sp³-hybridized carbons (Fsp3) is 0.833. The Morgan fingerprint density at radius 3 is 2.19 bits per heavy atom. The van der Waals surface area contributed by atoms with Crippen LogP contribution in [-0.2, 0) is 24.5 Å². The summed E-state index contributed by atoms with van der Waals surface area (Å²) in [4.78, 5) is 22.5. The van der Waals surface area contributed by atoms with Crippen LogP contribution in [0.15, 0.2) is 0 Å². The number of ether oxygens (including phenoxy) is 1. The van der Waals surface area contributed by atoms with Gasteiger partial charge in [0.05, 0.1) is 13.0 Å². The molecular formula is C12H22N2O6S. The highest BCUT2D eigenvalue weighted by molar-refractivity contribution is 7.87. The number of carbonyl (C=O) groups excluding carboxylic acids is 1. The normalized spacial score (nSPS) is 19.4. The number of carboxylic acid groups (broad SMARTS) is 1. The number of hydrogen-bond donors (Lipinski definition) is 2. The summed E-state index contributed by atoms with van der Waals surface area (Å²) in [6.07, 6.45) is 0.736. The van der Waals surface area contributed by atoms with Gasteiger partial charge in [0.15, 0.2) is 0 Å². The van der Waals surface area contributed by atoms with Gasteiger partial charge in [0.25, 0.3) is 10.2 Å². The van der Waals surface area contributed by atoms with Crippen LogP contribution in [0.2, 0.25) is 0 Å². The zero-order valence-electron chi connectivity index (χ0n) is 12.4. The van der Waals surface area contributed by atoms with Gasteiger partial charge in [-0.15, -0.1) is 0 Å². The topological polar surface area (TPSA) is 113 Å². The van der Waals surface area contributed by atoms with E-state index in [0.29, 0.717) is 12.8 Å². The lowest BCUT2D eigenvalue weighted by Crippen LogP contribution is -2.52. The van der Waals surface area contributed by atoms with Crippen molar-refractivity contribution in [3.05, 3.63) is 0 Å². The molecule has 0 saturated carbocycles. The molecule has 21 heavy (non-hydrogen) atoms. The molecule has 8 nitrogen and oxygen atoms in total. The zero-order valence-corrected chi connectivity index (χ0v) is 13.2. The lowest BCUT2D eigenvalue weighted by atomic mass is 9.99. The van der Waals surface area contributed by atoms with Gasteiger partial charge in [0.1, 0.15) is 6.04 Å². The van der Waals surface area contributed by atoms with E-state index in [0.717, 1.165) is 0 Å². The minimum absolute atomic E-state index is 0.166. The highest BCUT2D eigenvalue weighted by Crippen LogP contribution is 2.20. The average Bonchev–Trinajstić information content (AvgIpc) is 2.43. The summed E-state index contributed by atoms with van der Waals surface area (Å²) in [5.74, 6) is -2.23. The molecule has 1 atom stereocenters. The third-order valence-electron chi connectivity index (χ3n) is 3.54. The molecule has 0 aliphatic carbocycles. The van der Waals surface area contributed by atoms with Crippen LogP contribution in [0.4, 0.5) is 0 Å². The second-order valence-corrected chi connectivity index (χ2v) is 7.08. The summed E-state index contributed by atoms with van der Waals surface area (Å²) in [6, 6.07) is -1.17. The number of esters is 1. The van der Waals surface area contributed by atoms with Gasteiger partial charge in [-0.3, -0.25) is 9.59 Å². The van der Waals surface area contributed by atoms with Gasteiger partial charge in [-0.2, -0.15) is 17.4 Å². The molecule has 1 aliphatic rings. The number of piperidine rings is 1. The molecule has 1 heterocycles. The average molecular weight is 322 g/mol. The van der Waals surface area contributed by atoms with Crippen LogP contribution < -0.4 is 4.72 Å². The Hall–Kier alpha value is -1.19. The molecule has 0 aromatic heterocycles. The Labute approximate surface area is 124 Å². The van der Waals surface area contributed by atoms with Gasteiger partial charge in [-0.1, -0.05) is 13.8 Å². The van der Waals surface area contributed by atoms with Crippen molar-refractivity contribution in [2.75, 3.05) is 20.2 Å². The zero-order chi connectivity index (χ0) is 16.2. The van der Waals surface area contributed by atoms with Crippen molar-refractivity contribution >= 4 is 22.1 Å². The van der Waals surface area contributed by atoms with E-state index in [1.165, 1.54) is 11.4 Å². The largest absolute Gasteiger partial charge is 0.480 e. The molecular weight excluding hydrogens is 300 g/mol. The van der Waals surface area contributed by atoms with E-state index < -0.39 is 22.2 Å². The van der Waals surface area contributed by atoms with E-state index in [2.05, 4.69) is 9.46 Å². The summed E-state index contributed by atoms with van der Waals surface area (Å²) in [6.45, 7) is 3.59. The number of hydrogen-bond acceptors (Lipinski definition) is 5. The SMILES string of the molecule is COC(=O)C1CCN(S(=O)(=O)N[C@H](C(=O)O)C(C)C)CC1. The number of carbonyl (C=O) groups is 2. The van der Waals surface area contributed by atoms with Gasteiger partial charge in [-0.25, -0.2) is 0 Å². The summed E-state index contributed by atoms with van der Waals surface area (Å²) in [5, 5.41) is 9.05. The predicted molar refractivity (Wildman–Crippen MR) is 74.6 cm³/mol. The minimum Gasteiger partial charge on any atom is -0.480 e. The van der Waals surface area contributed by atoms with E-state index in [1.807, 2.05) is 0 Å². The standard InChI is InChI=1S/C12H22N2O6S/c1-8(2)10(11(15)16)13-21(18,19)14-6-4-9(5-7-14)12(17)20-3/h8-10,13H,4-7H2,1-3H3,(H,15,16)/t10-/m0/s1. The van der Waals surface area contributed by atoms with Crippen LogP contribution in [0.5, 0.6) is 0 Å². The van der Waals surface area contributed by atoms with Crippen LogP contribution in [-0.4, -0.2) is 56.0 Å². The maximum atomic E-state index is 12.2. The fourth-order valence-corrected chi connectivity index (χ4v) is 3.74. The fourth-order valence-electron chi connectivity index (χ4n) is 2.21. The number of rotatable bonds is 6. The van der Waals surface area contributed by atoms with Gasteiger partial charge >= 0.3 is 11.9 Å². The van der Waals surface area contributed by atoms with Gasteiger partial charge in [0.2, 0.25) is 0 Å². The lowest BCUT2D eigenvalue weighted by molar-refractivity contribution is -0.146. The molecule has 0 unspecified atom stereocenters. The summed E-state index contributed by atoms with van der Waals surface area (Å²) >= 11 is 0. The van der Waals surface area contributed by atoms with Gasteiger partial charge in [0, 0.05) is 13.1 Å². The Kier molecular flexibility index (Phi) is 6.11. The first-order valence-corrected chi connectivity index (χ1v) is 8.21. The van der Waals surface area contributed by atoms with Crippen molar-refractivity contribution in [3.8, 4) is 0 Å². The van der Waals surface area contributed by atoms with Crippen LogP contribution in [0.3, 0.4) is 0 Å². The Morgan fingerprint density at radius 2 is 1.81 bits per heavy atom. The Balaban J connectivity index is 2.69. The molecule has 0 amide bonds. The predicted octanol–water partition coefficient (Wildman–Crippen LogP) is -0.185. The molecule has 0 bridgehead atoms. The maximum absolute atomic E-state index is 12.2. The van der Waals surface area contributed by atoms with E-state index in [-0.39, 0.29) is 30.9 Å². The first-order valence-electron chi connectivity index (χ1n) is 6.77. The number of methoxy groups -OCH3 is 1. The smallest absolute Gasteiger partial charge is 0.322 e. The summed E-state index contributed by atoms with van der Waals surface area (Å²) in [5.41, 5.74) is 0. The number of aliphatic carboxylic acids is 1. The number of carboxylic acids is 1. The van der Waals surface area contributed by atoms with Crippen molar-refractivity contribution in [2.45, 2.75) is 32.7 Å². The highest BCUT2D eigenvalue weighted by atomic mass is 32.2. The quantitative estimate of drug-likeness (QED) is 0.656. The third kappa shape index (κ3) is 4.65. The van der Waals surface area contributed by atoms with Crippen LogP contribution in [0, 0.1) is 11.8 Å². The van der Waals surface area contributed by atoms with Crippen molar-refractivity contribution in [2.24, 2.45) is 11.8 Å². The second kappa shape index (κ2) is 7.19. The van der Waals surface area contributed by atoms with E-state index in [9.17, 15) is 18.0 Å². The molecule has 9 heteroatoms. The Bertz CT molecular complexity index is 482. The first kappa shape index (κ1) is 17.9. The lowest BCUT2D eigenvalue weighted by Gasteiger charge is -2.31. The molecule has 0 aromatic carbocycles. The first-order chi connectivity index (χ1) is 9.69. The van der Waals surface area contributed by atoms with Crippen molar-refractivity contribution < 1.29 is 27.9 Å². The van der Waals surface area contributed by atoms with Crippen molar-refractivity contribution in [1.82, 2.24) is 9.03 Å². The molecule has 1 saturated heterocycles. The van der Waals surface area contributed by atoms with Gasteiger partial charge < -0.3 is 9.84 Å². The van der Waals surface area contributed by atoms with Crippen LogP contribution in [0.1, 0.15) is 26.7 Å². The van der Waals surface area contributed by atoms with E-state index >= 15 is 0 Å². The van der Waals surface area contributed by atoms with Gasteiger partial charge in [-0.05, 0) is 18.8 Å². The number of nitrogens with zero attached hydrogens (tertiary/aromatic N) is 1. The van der Waals surface area contributed by atoms with E-state index in [4.69, 9.17) is 5.11 Å². The molecule has 122 valence electrons. The summed E-state index contributed by atoms with van der Waals surface area (Å²) in [7, 11) is -2.58. The third-order valence-corrected chi connectivity index (χ3v) is 5.13. The van der Waals surface area contributed by atoms with Crippen LogP contribution in [0.25, 0.3) is 0 Å². The molecule has 1 rings (SSSR count). The van der Waals surface area contributed by atoms with Crippen LogP contribution >= 0.6 is 0 Å². The summed E-state index contributed by atoms with van der Waals surface area (Å²) < 4.78 is 32.4. The molecule has 0 spiro atoms. The Morgan fingerprint density at radius 1 is 1.29 bits per heavy atom.